The lowest BCUT2D eigenvalue weighted by molar-refractivity contribution is -0.139. The van der Waals surface area contributed by atoms with Crippen LogP contribution in [0.1, 0.15) is 49.9 Å². The minimum atomic E-state index is -0.802. The first kappa shape index (κ1) is 16.5. The molecule has 1 aromatic rings. The fourth-order valence-corrected chi connectivity index (χ4v) is 5.22. The summed E-state index contributed by atoms with van der Waals surface area (Å²) in [6.45, 7) is 3.79. The molecule has 3 unspecified atom stereocenters. The number of benzene rings is 1. The van der Waals surface area contributed by atoms with Crippen molar-refractivity contribution >= 4 is 17.4 Å². The van der Waals surface area contributed by atoms with Crippen LogP contribution in [0.3, 0.4) is 0 Å². The van der Waals surface area contributed by atoms with Gasteiger partial charge in [0.2, 0.25) is 0 Å². The number of fused-ring (bicyclic) bond motifs is 2. The Morgan fingerprint density at radius 3 is 2.64 bits per heavy atom. The molecule has 2 N–H and O–H groups in total. The fourth-order valence-electron chi connectivity index (χ4n) is 5.22. The summed E-state index contributed by atoms with van der Waals surface area (Å²) in [7, 11) is 0. The molecule has 4 rings (SSSR count). The first-order valence-electron chi connectivity index (χ1n) is 9.11. The van der Waals surface area contributed by atoms with E-state index in [0.717, 1.165) is 25.0 Å². The first-order valence-corrected chi connectivity index (χ1v) is 9.11. The predicted molar refractivity (Wildman–Crippen MR) is 96.1 cm³/mol. The zero-order chi connectivity index (χ0) is 17.8. The van der Waals surface area contributed by atoms with E-state index < -0.39 is 11.0 Å². The predicted octanol–water partition coefficient (Wildman–Crippen LogP) is 2.61. The number of amides is 1. The van der Waals surface area contributed by atoms with E-state index in [2.05, 4.69) is 5.10 Å². The number of carbonyl (C=O) groups excluding carboxylic acids is 2. The molecule has 0 spiro atoms. The van der Waals surface area contributed by atoms with E-state index in [1.165, 1.54) is 11.4 Å². The fraction of sp³-hybridized carbons (Fsp3) is 0.550. The Labute approximate surface area is 148 Å². The van der Waals surface area contributed by atoms with E-state index in [4.69, 9.17) is 5.73 Å². The number of hydrazone groups is 1. The number of rotatable bonds is 4. The topological polar surface area (TPSA) is 75.8 Å². The van der Waals surface area contributed by atoms with Crippen LogP contribution >= 0.6 is 0 Å². The number of nitrogens with two attached hydrogens (primary N) is 1. The Hall–Kier alpha value is -2.01. The maximum Gasteiger partial charge on any atom is 0.256 e. The number of hydrogen-bond acceptors (Lipinski definition) is 4. The third-order valence-corrected chi connectivity index (χ3v) is 6.87. The van der Waals surface area contributed by atoms with Gasteiger partial charge >= 0.3 is 0 Å². The Kier molecular flexibility index (Phi) is 3.62. The van der Waals surface area contributed by atoms with E-state index in [-0.39, 0.29) is 18.2 Å². The van der Waals surface area contributed by atoms with Crippen molar-refractivity contribution in [2.24, 2.45) is 28.1 Å². The van der Waals surface area contributed by atoms with Gasteiger partial charge in [0.15, 0.2) is 5.78 Å². The molecule has 5 nitrogen and oxygen atoms in total. The molecule has 0 radical (unpaired) electrons. The lowest BCUT2D eigenvalue weighted by Gasteiger charge is -2.45. The molecular weight excluding hydrogens is 314 g/mol. The SMILES string of the molecule is CC1=NN(CC(=O)c2ccccc2)C(=O)C1(C)[C@]1(N)CC2CCC1C2. The molecule has 0 saturated heterocycles. The third-order valence-electron chi connectivity index (χ3n) is 6.87. The highest BCUT2D eigenvalue weighted by Crippen LogP contribution is 2.57. The molecule has 2 saturated carbocycles. The molecule has 132 valence electrons. The second-order valence-electron chi connectivity index (χ2n) is 8.08. The normalized spacial score (nSPS) is 36.8. The van der Waals surface area contributed by atoms with Gasteiger partial charge in [0.25, 0.3) is 5.91 Å². The largest absolute Gasteiger partial charge is 0.324 e. The van der Waals surface area contributed by atoms with Gasteiger partial charge in [0.05, 0.1) is 5.71 Å². The van der Waals surface area contributed by atoms with Crippen LogP contribution in [-0.2, 0) is 4.79 Å². The van der Waals surface area contributed by atoms with Crippen molar-refractivity contribution in [1.82, 2.24) is 5.01 Å². The smallest absolute Gasteiger partial charge is 0.256 e. The van der Waals surface area contributed by atoms with E-state index in [9.17, 15) is 9.59 Å². The molecule has 1 aliphatic heterocycles. The molecule has 1 heterocycles. The first-order chi connectivity index (χ1) is 11.9. The van der Waals surface area contributed by atoms with Gasteiger partial charge in [-0.3, -0.25) is 9.59 Å². The average Bonchev–Trinajstić information content (AvgIpc) is 3.26. The molecule has 2 fully saturated rings. The lowest BCUT2D eigenvalue weighted by Crippen LogP contribution is -2.63. The van der Waals surface area contributed by atoms with Gasteiger partial charge in [0, 0.05) is 11.1 Å². The van der Waals surface area contributed by atoms with Crippen LogP contribution in [0.15, 0.2) is 35.4 Å². The van der Waals surface area contributed by atoms with E-state index in [0.29, 0.717) is 17.4 Å². The Balaban J connectivity index is 1.58. The molecule has 4 atom stereocenters. The summed E-state index contributed by atoms with van der Waals surface area (Å²) in [6.07, 6.45) is 4.32. The molecular formula is C20H25N3O2. The highest BCUT2D eigenvalue weighted by molar-refractivity contribution is 6.13. The molecule has 0 aromatic heterocycles. The second-order valence-corrected chi connectivity index (χ2v) is 8.08. The van der Waals surface area contributed by atoms with Gasteiger partial charge in [-0.05, 0) is 44.9 Å². The van der Waals surface area contributed by atoms with Crippen molar-refractivity contribution in [3.8, 4) is 0 Å². The zero-order valence-corrected chi connectivity index (χ0v) is 14.9. The van der Waals surface area contributed by atoms with Gasteiger partial charge in [-0.25, -0.2) is 5.01 Å². The monoisotopic (exact) mass is 339 g/mol. The van der Waals surface area contributed by atoms with Gasteiger partial charge in [-0.1, -0.05) is 36.8 Å². The molecule has 5 heteroatoms. The quantitative estimate of drug-likeness (QED) is 0.857. The van der Waals surface area contributed by atoms with Crippen LogP contribution in [-0.4, -0.2) is 34.5 Å². The van der Waals surface area contributed by atoms with Crippen molar-refractivity contribution in [2.45, 2.75) is 45.1 Å². The summed E-state index contributed by atoms with van der Waals surface area (Å²) in [5.74, 6) is 0.784. The Morgan fingerprint density at radius 2 is 2.04 bits per heavy atom. The molecule has 2 aliphatic carbocycles. The molecule has 2 bridgehead atoms. The van der Waals surface area contributed by atoms with Crippen molar-refractivity contribution in [3.63, 3.8) is 0 Å². The maximum absolute atomic E-state index is 13.3. The van der Waals surface area contributed by atoms with E-state index in [1.54, 1.807) is 12.1 Å². The minimum absolute atomic E-state index is 0.0278. The summed E-state index contributed by atoms with van der Waals surface area (Å²) in [4.78, 5) is 25.8. The van der Waals surface area contributed by atoms with Gasteiger partial charge in [-0.2, -0.15) is 5.10 Å². The summed E-state index contributed by atoms with van der Waals surface area (Å²) < 4.78 is 0. The number of nitrogens with zero attached hydrogens (tertiary/aromatic N) is 2. The van der Waals surface area contributed by atoms with Crippen LogP contribution in [0.5, 0.6) is 0 Å². The number of ketones is 1. The summed E-state index contributed by atoms with van der Waals surface area (Å²) in [6, 6.07) is 9.03. The maximum atomic E-state index is 13.3. The van der Waals surface area contributed by atoms with Gasteiger partial charge in [-0.15, -0.1) is 0 Å². The number of carbonyl (C=O) groups is 2. The van der Waals surface area contributed by atoms with Crippen molar-refractivity contribution < 1.29 is 9.59 Å². The number of hydrogen-bond donors (Lipinski definition) is 1. The number of Topliss-reactive ketones (excluding diaryl/α,β-unsaturated/α-hetero) is 1. The summed E-state index contributed by atoms with van der Waals surface area (Å²) in [5.41, 5.74) is 6.86. The Bertz CT molecular complexity index is 759. The van der Waals surface area contributed by atoms with Crippen LogP contribution in [0.4, 0.5) is 0 Å². The second kappa shape index (κ2) is 5.49. The highest BCUT2D eigenvalue weighted by atomic mass is 16.2. The minimum Gasteiger partial charge on any atom is -0.324 e. The van der Waals surface area contributed by atoms with Crippen molar-refractivity contribution in [3.05, 3.63) is 35.9 Å². The van der Waals surface area contributed by atoms with Crippen molar-refractivity contribution in [2.75, 3.05) is 6.54 Å². The third kappa shape index (κ3) is 2.21. The van der Waals surface area contributed by atoms with E-state index in [1.807, 2.05) is 32.0 Å². The summed E-state index contributed by atoms with van der Waals surface area (Å²) in [5, 5.41) is 5.80. The van der Waals surface area contributed by atoms with Crippen LogP contribution in [0, 0.1) is 17.3 Å². The van der Waals surface area contributed by atoms with E-state index >= 15 is 0 Å². The summed E-state index contributed by atoms with van der Waals surface area (Å²) >= 11 is 0. The van der Waals surface area contributed by atoms with Gasteiger partial charge in [0.1, 0.15) is 12.0 Å². The Morgan fingerprint density at radius 1 is 1.32 bits per heavy atom. The molecule has 1 amide bonds. The molecule has 1 aromatic carbocycles. The average molecular weight is 339 g/mol. The molecule has 25 heavy (non-hydrogen) atoms. The standard InChI is InChI=1S/C20H25N3O2/c1-13-19(2,20(21)11-14-8-9-16(20)10-14)18(25)23(22-13)12-17(24)15-6-4-3-5-7-15/h3-7,14,16H,8-12,21H2,1-2H3/t14?,16?,19?,20-/m0/s1. The lowest BCUT2D eigenvalue weighted by atomic mass is 9.61. The highest BCUT2D eigenvalue weighted by Gasteiger charge is 2.65. The van der Waals surface area contributed by atoms with Crippen molar-refractivity contribution in [1.29, 1.82) is 0 Å². The van der Waals surface area contributed by atoms with Crippen LogP contribution in [0.2, 0.25) is 0 Å². The van der Waals surface area contributed by atoms with Crippen LogP contribution in [0.25, 0.3) is 0 Å². The molecule has 3 aliphatic rings. The van der Waals surface area contributed by atoms with Gasteiger partial charge < -0.3 is 5.73 Å². The van der Waals surface area contributed by atoms with Crippen LogP contribution < -0.4 is 5.73 Å². The zero-order valence-electron chi connectivity index (χ0n) is 14.9.